The van der Waals surface area contributed by atoms with Crippen LogP contribution in [0.1, 0.15) is 18.2 Å². The number of nitrogens with zero attached hydrogens (tertiary/aromatic N) is 3. The van der Waals surface area contributed by atoms with Gasteiger partial charge in [0.05, 0.1) is 18.9 Å². The third-order valence-corrected chi connectivity index (χ3v) is 2.88. The van der Waals surface area contributed by atoms with E-state index >= 15 is 0 Å². The summed E-state index contributed by atoms with van der Waals surface area (Å²) in [5.74, 6) is 2.19. The molecule has 3 rings (SSSR count). The quantitative estimate of drug-likeness (QED) is 0.854. The lowest BCUT2D eigenvalue weighted by Crippen LogP contribution is -2.17. The van der Waals surface area contributed by atoms with Crippen molar-refractivity contribution in [1.29, 1.82) is 0 Å². The minimum atomic E-state index is 0.579. The molecular formula is C12H15N5O. The second kappa shape index (κ2) is 4.73. The topological polar surface area (TPSA) is 75.7 Å². The van der Waals surface area contributed by atoms with Crippen LogP contribution in [0.2, 0.25) is 0 Å². The molecular weight excluding hydrogens is 230 g/mol. The molecule has 0 radical (unpaired) electrons. The van der Waals surface area contributed by atoms with Gasteiger partial charge < -0.3 is 15.0 Å². The normalized spacial score (nSPS) is 14.3. The third-order valence-electron chi connectivity index (χ3n) is 2.88. The van der Waals surface area contributed by atoms with E-state index in [0.717, 1.165) is 30.0 Å². The van der Waals surface area contributed by atoms with Crippen molar-refractivity contribution in [3.8, 4) is 11.6 Å². The van der Waals surface area contributed by atoms with Crippen molar-refractivity contribution < 1.29 is 4.74 Å². The highest BCUT2D eigenvalue weighted by molar-refractivity contribution is 5.54. The highest BCUT2D eigenvalue weighted by atomic mass is 16.5. The molecule has 1 aliphatic heterocycles. The Labute approximate surface area is 105 Å². The Bertz CT molecular complexity index is 538. The molecule has 6 heteroatoms. The van der Waals surface area contributed by atoms with Gasteiger partial charge in [0.1, 0.15) is 5.82 Å². The van der Waals surface area contributed by atoms with Gasteiger partial charge >= 0.3 is 0 Å². The predicted octanol–water partition coefficient (Wildman–Crippen LogP) is 1.37. The lowest BCUT2D eigenvalue weighted by atomic mass is 10.1. The molecule has 2 N–H and O–H groups in total. The van der Waals surface area contributed by atoms with Crippen LogP contribution in [-0.4, -0.2) is 33.1 Å². The first-order valence-electron chi connectivity index (χ1n) is 6.09. The smallest absolute Gasteiger partial charge is 0.197 e. The Hall–Kier alpha value is -1.95. The van der Waals surface area contributed by atoms with E-state index in [4.69, 9.17) is 4.74 Å². The van der Waals surface area contributed by atoms with Crippen LogP contribution in [0.15, 0.2) is 12.4 Å². The zero-order chi connectivity index (χ0) is 12.4. The summed E-state index contributed by atoms with van der Waals surface area (Å²) in [6.07, 6.45) is 4.30. The second-order valence-corrected chi connectivity index (χ2v) is 4.09. The maximum absolute atomic E-state index is 5.47. The Kier molecular flexibility index (Phi) is 2.93. The molecule has 0 aromatic carbocycles. The summed E-state index contributed by atoms with van der Waals surface area (Å²) in [6.45, 7) is 4.16. The summed E-state index contributed by atoms with van der Waals surface area (Å²) in [5.41, 5.74) is 2.12. The lowest BCUT2D eigenvalue weighted by Gasteiger charge is -2.19. The van der Waals surface area contributed by atoms with Crippen molar-refractivity contribution >= 4 is 5.82 Å². The maximum atomic E-state index is 5.47. The molecule has 6 nitrogen and oxygen atoms in total. The van der Waals surface area contributed by atoms with Gasteiger partial charge in [0.25, 0.3) is 0 Å². The van der Waals surface area contributed by atoms with Gasteiger partial charge in [0.2, 0.25) is 0 Å². The minimum Gasteiger partial charge on any atom is -0.376 e. The number of anilines is 1. The number of rotatable bonds is 3. The van der Waals surface area contributed by atoms with Gasteiger partial charge in [0.15, 0.2) is 11.6 Å². The number of imidazole rings is 1. The van der Waals surface area contributed by atoms with E-state index in [1.165, 1.54) is 0 Å². The SMILES string of the molecule is CCNc1nc(-c2ncc[nH]2)nc2c1COCC2. The van der Waals surface area contributed by atoms with Gasteiger partial charge in [-0.15, -0.1) is 0 Å². The van der Waals surface area contributed by atoms with Crippen molar-refractivity contribution in [1.82, 2.24) is 19.9 Å². The number of aromatic amines is 1. The van der Waals surface area contributed by atoms with Gasteiger partial charge in [-0.2, -0.15) is 0 Å². The fourth-order valence-electron chi connectivity index (χ4n) is 2.04. The summed E-state index contributed by atoms with van der Waals surface area (Å²) in [5, 5.41) is 3.27. The summed E-state index contributed by atoms with van der Waals surface area (Å²) in [7, 11) is 0. The number of aromatic nitrogens is 4. The molecule has 0 spiro atoms. The average Bonchev–Trinajstić information content (AvgIpc) is 2.93. The zero-order valence-electron chi connectivity index (χ0n) is 10.2. The van der Waals surface area contributed by atoms with Crippen LogP contribution in [0.25, 0.3) is 11.6 Å². The summed E-state index contributed by atoms with van der Waals surface area (Å²) >= 11 is 0. The first-order valence-corrected chi connectivity index (χ1v) is 6.09. The van der Waals surface area contributed by atoms with Gasteiger partial charge in [0, 0.05) is 30.9 Å². The molecule has 2 aromatic heterocycles. The molecule has 0 fully saturated rings. The Morgan fingerprint density at radius 2 is 2.39 bits per heavy atom. The average molecular weight is 245 g/mol. The maximum Gasteiger partial charge on any atom is 0.197 e. The van der Waals surface area contributed by atoms with E-state index in [-0.39, 0.29) is 0 Å². The second-order valence-electron chi connectivity index (χ2n) is 4.09. The Balaban J connectivity index is 2.09. The van der Waals surface area contributed by atoms with Crippen LogP contribution in [0.3, 0.4) is 0 Å². The first-order chi connectivity index (χ1) is 8.88. The van der Waals surface area contributed by atoms with Crippen molar-refractivity contribution in [3.63, 3.8) is 0 Å². The van der Waals surface area contributed by atoms with E-state index in [1.807, 2.05) is 6.92 Å². The monoisotopic (exact) mass is 245 g/mol. The number of fused-ring (bicyclic) bond motifs is 1. The lowest BCUT2D eigenvalue weighted by molar-refractivity contribution is 0.109. The first kappa shape index (κ1) is 11.2. The Morgan fingerprint density at radius 1 is 1.44 bits per heavy atom. The van der Waals surface area contributed by atoms with E-state index < -0.39 is 0 Å². The zero-order valence-corrected chi connectivity index (χ0v) is 10.2. The Morgan fingerprint density at radius 3 is 3.17 bits per heavy atom. The van der Waals surface area contributed by atoms with E-state index in [1.54, 1.807) is 12.4 Å². The summed E-state index contributed by atoms with van der Waals surface area (Å²) in [6, 6.07) is 0. The number of hydrogen-bond acceptors (Lipinski definition) is 5. The molecule has 0 aliphatic carbocycles. The van der Waals surface area contributed by atoms with Crippen molar-refractivity contribution in [2.45, 2.75) is 20.0 Å². The molecule has 94 valence electrons. The van der Waals surface area contributed by atoms with Crippen LogP contribution in [0.4, 0.5) is 5.82 Å². The highest BCUT2D eigenvalue weighted by Crippen LogP contribution is 2.24. The standard InChI is InChI=1S/C12H15N5O/c1-2-13-10-8-7-18-6-3-9(8)16-12(17-10)11-14-4-5-15-11/h4-5H,2-3,6-7H2,1H3,(H,14,15)(H,13,16,17). The van der Waals surface area contributed by atoms with E-state index in [0.29, 0.717) is 24.9 Å². The number of hydrogen-bond donors (Lipinski definition) is 2. The summed E-state index contributed by atoms with van der Waals surface area (Å²) < 4.78 is 5.47. The third kappa shape index (κ3) is 1.95. The molecule has 0 bridgehead atoms. The molecule has 0 atom stereocenters. The molecule has 2 aromatic rings. The molecule has 3 heterocycles. The number of nitrogens with one attached hydrogen (secondary N) is 2. The minimum absolute atomic E-state index is 0.579. The molecule has 0 saturated heterocycles. The van der Waals surface area contributed by atoms with Crippen LogP contribution >= 0.6 is 0 Å². The molecule has 0 unspecified atom stereocenters. The van der Waals surface area contributed by atoms with Crippen molar-refractivity contribution in [2.24, 2.45) is 0 Å². The van der Waals surface area contributed by atoms with Crippen LogP contribution in [0, 0.1) is 0 Å². The molecule has 18 heavy (non-hydrogen) atoms. The van der Waals surface area contributed by atoms with Crippen molar-refractivity contribution in [3.05, 3.63) is 23.7 Å². The predicted molar refractivity (Wildman–Crippen MR) is 67.1 cm³/mol. The highest BCUT2D eigenvalue weighted by Gasteiger charge is 2.19. The van der Waals surface area contributed by atoms with Gasteiger partial charge in [-0.1, -0.05) is 0 Å². The molecule has 0 amide bonds. The van der Waals surface area contributed by atoms with Crippen molar-refractivity contribution in [2.75, 3.05) is 18.5 Å². The van der Waals surface area contributed by atoms with Crippen LogP contribution in [-0.2, 0) is 17.8 Å². The number of ether oxygens (including phenoxy) is 1. The summed E-state index contributed by atoms with van der Waals surface area (Å²) in [4.78, 5) is 16.3. The van der Waals surface area contributed by atoms with Crippen LogP contribution in [0.5, 0.6) is 0 Å². The molecule has 1 aliphatic rings. The largest absolute Gasteiger partial charge is 0.376 e. The fourth-order valence-corrected chi connectivity index (χ4v) is 2.04. The van der Waals surface area contributed by atoms with Gasteiger partial charge in [-0.05, 0) is 6.92 Å². The van der Waals surface area contributed by atoms with Crippen LogP contribution < -0.4 is 5.32 Å². The van der Waals surface area contributed by atoms with E-state index in [9.17, 15) is 0 Å². The fraction of sp³-hybridized carbons (Fsp3) is 0.417. The molecule has 0 saturated carbocycles. The van der Waals surface area contributed by atoms with Gasteiger partial charge in [-0.3, -0.25) is 0 Å². The van der Waals surface area contributed by atoms with E-state index in [2.05, 4.69) is 25.3 Å². The number of H-pyrrole nitrogens is 1. The van der Waals surface area contributed by atoms with Gasteiger partial charge in [-0.25, -0.2) is 15.0 Å².